The Hall–Kier alpha value is -1.12. The number of carboxylic acids is 1. The third-order valence-electron chi connectivity index (χ3n) is 2.50. The van der Waals surface area contributed by atoms with Gasteiger partial charge in [-0.1, -0.05) is 6.08 Å². The van der Waals surface area contributed by atoms with E-state index in [1.54, 1.807) is 6.08 Å². The number of rotatable bonds is 1. The van der Waals surface area contributed by atoms with Crippen LogP contribution in [0.3, 0.4) is 0 Å². The average molecular weight is 152 g/mol. The van der Waals surface area contributed by atoms with E-state index in [0.717, 1.165) is 6.42 Å². The van der Waals surface area contributed by atoms with Gasteiger partial charge in [0.05, 0.1) is 5.92 Å². The van der Waals surface area contributed by atoms with E-state index in [0.29, 0.717) is 17.9 Å². The molecule has 1 N–H and O–H groups in total. The lowest BCUT2D eigenvalue weighted by molar-refractivity contribution is -0.138. The Morgan fingerprint density at radius 3 is 2.82 bits per heavy atom. The second-order valence-electron chi connectivity index (χ2n) is 3.11. The molecule has 1 saturated carbocycles. The first-order chi connectivity index (χ1) is 5.20. The van der Waals surface area contributed by atoms with Crippen LogP contribution in [0.25, 0.3) is 0 Å². The van der Waals surface area contributed by atoms with Crippen LogP contribution in [0, 0.1) is 11.8 Å². The van der Waals surface area contributed by atoms with Crippen molar-refractivity contribution in [2.75, 3.05) is 0 Å². The summed E-state index contributed by atoms with van der Waals surface area (Å²) in [6, 6.07) is 0. The van der Waals surface area contributed by atoms with Crippen LogP contribution in [-0.4, -0.2) is 16.9 Å². The molecule has 2 atom stereocenters. The number of fused-ring (bicyclic) bond motifs is 1. The van der Waals surface area contributed by atoms with Gasteiger partial charge in [-0.2, -0.15) is 0 Å². The fraction of sp³-hybridized carbons (Fsp3) is 0.500. The van der Waals surface area contributed by atoms with E-state index in [1.165, 1.54) is 0 Å². The van der Waals surface area contributed by atoms with Crippen molar-refractivity contribution >= 4 is 11.8 Å². The third kappa shape index (κ3) is 0.737. The van der Waals surface area contributed by atoms with Crippen LogP contribution in [0.1, 0.15) is 12.8 Å². The summed E-state index contributed by atoms with van der Waals surface area (Å²) in [5, 5.41) is 8.63. The zero-order chi connectivity index (χ0) is 8.01. The molecule has 0 spiro atoms. The number of hydrogen-bond acceptors (Lipinski definition) is 2. The molecule has 0 aromatic carbocycles. The number of carbonyl (C=O) groups is 2. The maximum atomic E-state index is 10.9. The minimum absolute atomic E-state index is 0.0983. The van der Waals surface area contributed by atoms with Crippen LogP contribution in [0.5, 0.6) is 0 Å². The first kappa shape index (κ1) is 6.58. The molecule has 0 aliphatic heterocycles. The van der Waals surface area contributed by atoms with Crippen molar-refractivity contribution in [2.24, 2.45) is 11.8 Å². The lowest BCUT2D eigenvalue weighted by atomic mass is 9.72. The van der Waals surface area contributed by atoms with Crippen LogP contribution in [-0.2, 0) is 9.59 Å². The normalized spacial score (nSPS) is 34.2. The summed E-state index contributed by atoms with van der Waals surface area (Å²) in [5.74, 6) is -0.771. The topological polar surface area (TPSA) is 54.4 Å². The summed E-state index contributed by atoms with van der Waals surface area (Å²) in [6.45, 7) is 0. The van der Waals surface area contributed by atoms with E-state index < -0.39 is 5.97 Å². The van der Waals surface area contributed by atoms with Crippen LogP contribution >= 0.6 is 0 Å². The van der Waals surface area contributed by atoms with Crippen LogP contribution in [0.4, 0.5) is 0 Å². The molecule has 2 rings (SSSR count). The highest BCUT2D eigenvalue weighted by Crippen LogP contribution is 2.44. The molecule has 0 heterocycles. The molecular formula is C8H8O3. The summed E-state index contributed by atoms with van der Waals surface area (Å²) in [7, 11) is 0. The molecule has 2 aliphatic carbocycles. The largest absolute Gasteiger partial charge is 0.478 e. The Labute approximate surface area is 63.7 Å². The number of carboxylic acid groups (broad SMARTS) is 1. The fourth-order valence-electron chi connectivity index (χ4n) is 1.88. The van der Waals surface area contributed by atoms with Gasteiger partial charge in [0.15, 0.2) is 0 Å². The number of hydrogen-bond donors (Lipinski definition) is 1. The molecule has 0 bridgehead atoms. The van der Waals surface area contributed by atoms with Crippen LogP contribution < -0.4 is 0 Å². The second-order valence-corrected chi connectivity index (χ2v) is 3.11. The number of carbonyl (C=O) groups excluding carboxylic acids is 1. The molecule has 11 heavy (non-hydrogen) atoms. The molecule has 3 nitrogen and oxygen atoms in total. The summed E-state index contributed by atoms with van der Waals surface area (Å²) < 4.78 is 0. The van der Waals surface area contributed by atoms with Crippen molar-refractivity contribution in [2.45, 2.75) is 12.8 Å². The maximum absolute atomic E-state index is 10.9. The molecule has 2 unspecified atom stereocenters. The highest BCUT2D eigenvalue weighted by atomic mass is 16.4. The Balaban J connectivity index is 2.24. The minimum atomic E-state index is -0.925. The molecule has 58 valence electrons. The zero-order valence-electron chi connectivity index (χ0n) is 5.91. The van der Waals surface area contributed by atoms with Crippen molar-refractivity contribution < 1.29 is 14.7 Å². The third-order valence-corrected chi connectivity index (χ3v) is 2.50. The number of allylic oxidation sites excluding steroid dienone is 1. The summed E-state index contributed by atoms with van der Waals surface area (Å²) in [5.41, 5.74) is 0.325. The zero-order valence-corrected chi connectivity index (χ0v) is 5.91. The summed E-state index contributed by atoms with van der Waals surface area (Å²) >= 11 is 0. The predicted molar refractivity (Wildman–Crippen MR) is 36.9 cm³/mol. The molecular weight excluding hydrogens is 144 g/mol. The van der Waals surface area contributed by atoms with E-state index >= 15 is 0 Å². The van der Waals surface area contributed by atoms with Crippen molar-refractivity contribution in [3.05, 3.63) is 11.6 Å². The Kier molecular flexibility index (Phi) is 1.16. The highest BCUT2D eigenvalue weighted by molar-refractivity contribution is 6.01. The number of Topliss-reactive ketones (excluding diaryl/α,β-unsaturated/α-hetero) is 1. The Bertz CT molecular complexity index is 265. The predicted octanol–water partition coefficient (Wildman–Crippen LogP) is 0.606. The van der Waals surface area contributed by atoms with Crippen molar-refractivity contribution in [1.29, 1.82) is 0 Å². The lowest BCUT2D eigenvalue weighted by Crippen LogP contribution is -2.36. The van der Waals surface area contributed by atoms with Gasteiger partial charge in [-0.25, -0.2) is 4.79 Å². The minimum Gasteiger partial charge on any atom is -0.478 e. The molecule has 1 fully saturated rings. The van der Waals surface area contributed by atoms with Crippen molar-refractivity contribution in [3.63, 3.8) is 0 Å². The lowest BCUT2D eigenvalue weighted by Gasteiger charge is -2.29. The number of ketones is 1. The molecule has 0 saturated heterocycles. The monoisotopic (exact) mass is 152 g/mol. The van der Waals surface area contributed by atoms with E-state index in [4.69, 9.17) is 5.11 Å². The van der Waals surface area contributed by atoms with E-state index in [9.17, 15) is 9.59 Å². The van der Waals surface area contributed by atoms with Crippen LogP contribution in [0.2, 0.25) is 0 Å². The molecule has 0 radical (unpaired) electrons. The molecule has 3 heteroatoms. The van der Waals surface area contributed by atoms with Crippen LogP contribution in [0.15, 0.2) is 11.6 Å². The van der Waals surface area contributed by atoms with Gasteiger partial charge in [0.2, 0.25) is 0 Å². The quantitative estimate of drug-likeness (QED) is 0.598. The summed E-state index contributed by atoms with van der Waals surface area (Å²) in [6.07, 6.45) is 3.04. The highest BCUT2D eigenvalue weighted by Gasteiger charge is 2.46. The van der Waals surface area contributed by atoms with Gasteiger partial charge < -0.3 is 5.11 Å². The molecule has 2 aliphatic rings. The van der Waals surface area contributed by atoms with E-state index in [-0.39, 0.29) is 11.7 Å². The van der Waals surface area contributed by atoms with Crippen molar-refractivity contribution in [3.8, 4) is 0 Å². The first-order valence-corrected chi connectivity index (χ1v) is 3.66. The SMILES string of the molecule is O=C(O)C1=CCC2CC(=O)C12. The standard InChI is InChI=1S/C8H8O3/c9-6-3-4-1-2-5(7(4)6)8(10)11/h2,4,7H,1,3H2,(H,10,11). The van der Waals surface area contributed by atoms with Gasteiger partial charge in [-0.15, -0.1) is 0 Å². The maximum Gasteiger partial charge on any atom is 0.331 e. The van der Waals surface area contributed by atoms with Gasteiger partial charge >= 0.3 is 5.97 Å². The number of aliphatic carboxylic acids is 1. The Morgan fingerprint density at radius 1 is 1.64 bits per heavy atom. The molecule has 0 amide bonds. The van der Waals surface area contributed by atoms with E-state index in [1.807, 2.05) is 0 Å². The molecule has 0 aromatic rings. The smallest absolute Gasteiger partial charge is 0.331 e. The first-order valence-electron chi connectivity index (χ1n) is 3.66. The van der Waals surface area contributed by atoms with Gasteiger partial charge in [0.25, 0.3) is 0 Å². The average Bonchev–Trinajstić information content (AvgIpc) is 2.25. The Morgan fingerprint density at radius 2 is 2.36 bits per heavy atom. The van der Waals surface area contributed by atoms with Gasteiger partial charge in [-0.3, -0.25) is 4.79 Å². The van der Waals surface area contributed by atoms with Gasteiger partial charge in [0, 0.05) is 12.0 Å². The van der Waals surface area contributed by atoms with Crippen molar-refractivity contribution in [1.82, 2.24) is 0 Å². The van der Waals surface area contributed by atoms with Gasteiger partial charge in [0.1, 0.15) is 5.78 Å². The molecule has 0 aromatic heterocycles. The second kappa shape index (κ2) is 1.94. The fourth-order valence-corrected chi connectivity index (χ4v) is 1.88. The van der Waals surface area contributed by atoms with Gasteiger partial charge in [-0.05, 0) is 12.3 Å². The summed E-state index contributed by atoms with van der Waals surface area (Å²) in [4.78, 5) is 21.4. The van der Waals surface area contributed by atoms with E-state index in [2.05, 4.69) is 0 Å².